The van der Waals surface area contributed by atoms with Crippen molar-refractivity contribution in [2.45, 2.75) is 51.1 Å². The maximum absolute atomic E-state index is 11.5. The summed E-state index contributed by atoms with van der Waals surface area (Å²) < 4.78 is 28.1. The Balaban J connectivity index is 0.00000225. The van der Waals surface area contributed by atoms with Crippen molar-refractivity contribution in [3.8, 4) is 0 Å². The minimum atomic E-state index is -3.30. The molecule has 5 nitrogen and oxygen atoms in total. The largest absolute Gasteiger partial charge is 0.328 e. The number of hydrogen-bond donors (Lipinski definition) is 3. The molecule has 1 aliphatic carbocycles. The molecule has 0 bridgehead atoms. The third-order valence-corrected chi connectivity index (χ3v) is 3.86. The number of nitrogens with two attached hydrogens (primary N) is 1. The van der Waals surface area contributed by atoms with Crippen molar-refractivity contribution in [2.24, 2.45) is 5.73 Å². The van der Waals surface area contributed by atoms with Gasteiger partial charge in [0.15, 0.2) is 0 Å². The van der Waals surface area contributed by atoms with E-state index in [0.29, 0.717) is 6.54 Å². The Morgan fingerprint density at radius 1 is 1.25 bits per heavy atom. The fourth-order valence-electron chi connectivity index (χ4n) is 1.73. The molecule has 0 aromatic rings. The zero-order valence-corrected chi connectivity index (χ0v) is 11.2. The van der Waals surface area contributed by atoms with Crippen LogP contribution in [-0.2, 0) is 10.2 Å². The van der Waals surface area contributed by atoms with E-state index in [4.69, 9.17) is 5.73 Å². The lowest BCUT2D eigenvalue weighted by Gasteiger charge is -2.26. The third-order valence-electron chi connectivity index (χ3n) is 2.64. The van der Waals surface area contributed by atoms with Crippen LogP contribution in [0.15, 0.2) is 0 Å². The monoisotopic (exact) mass is 271 g/mol. The Morgan fingerprint density at radius 3 is 2.31 bits per heavy atom. The first-order valence-corrected chi connectivity index (χ1v) is 7.04. The number of nitrogens with one attached hydrogen (secondary N) is 2. The summed E-state index contributed by atoms with van der Waals surface area (Å²) in [5.41, 5.74) is 5.75. The van der Waals surface area contributed by atoms with Crippen molar-refractivity contribution in [1.29, 1.82) is 0 Å². The lowest BCUT2D eigenvalue weighted by Crippen LogP contribution is -2.45. The van der Waals surface area contributed by atoms with E-state index in [1.54, 1.807) is 0 Å². The number of halogens is 1. The predicted molar refractivity (Wildman–Crippen MR) is 67.8 cm³/mol. The van der Waals surface area contributed by atoms with Crippen LogP contribution < -0.4 is 15.2 Å². The first-order valence-electron chi connectivity index (χ1n) is 5.56. The Hall–Kier alpha value is 0.120. The highest BCUT2D eigenvalue weighted by atomic mass is 35.5. The van der Waals surface area contributed by atoms with Gasteiger partial charge in [-0.15, -0.1) is 12.4 Å². The molecule has 1 aliphatic rings. The van der Waals surface area contributed by atoms with Crippen LogP contribution in [0.2, 0.25) is 0 Å². The molecule has 0 unspecified atom stereocenters. The highest BCUT2D eigenvalue weighted by Crippen LogP contribution is 2.17. The van der Waals surface area contributed by atoms with Gasteiger partial charge in [0.05, 0.1) is 0 Å². The molecule has 16 heavy (non-hydrogen) atoms. The summed E-state index contributed by atoms with van der Waals surface area (Å²) in [4.78, 5) is 0. The molecular weight excluding hydrogens is 250 g/mol. The molecule has 0 atom stereocenters. The van der Waals surface area contributed by atoms with Gasteiger partial charge >= 0.3 is 0 Å². The van der Waals surface area contributed by atoms with Gasteiger partial charge in [0.2, 0.25) is 0 Å². The summed E-state index contributed by atoms with van der Waals surface area (Å²) in [5.74, 6) is 0. The predicted octanol–water partition coefficient (Wildman–Crippen LogP) is 0.512. The summed E-state index contributed by atoms with van der Waals surface area (Å²) in [5, 5.41) is 0. The molecule has 1 rings (SSSR count). The van der Waals surface area contributed by atoms with Crippen LogP contribution >= 0.6 is 12.4 Å². The molecule has 98 valence electrons. The first-order chi connectivity index (χ1) is 7.03. The van der Waals surface area contributed by atoms with E-state index in [2.05, 4.69) is 9.44 Å². The second kappa shape index (κ2) is 7.45. The highest BCUT2D eigenvalue weighted by molar-refractivity contribution is 7.87. The molecular formula is C9H22ClN3O2S. The van der Waals surface area contributed by atoms with E-state index >= 15 is 0 Å². The SMILES string of the molecule is CCCNS(=O)(=O)NC1CCC(N)CC1.Cl. The van der Waals surface area contributed by atoms with Crippen molar-refractivity contribution in [2.75, 3.05) is 6.54 Å². The van der Waals surface area contributed by atoms with Crippen molar-refractivity contribution >= 4 is 22.6 Å². The Labute approximate surface area is 104 Å². The lowest BCUT2D eigenvalue weighted by molar-refractivity contribution is 0.372. The van der Waals surface area contributed by atoms with Gasteiger partial charge in [-0.3, -0.25) is 0 Å². The van der Waals surface area contributed by atoms with E-state index in [9.17, 15) is 8.42 Å². The van der Waals surface area contributed by atoms with E-state index in [0.717, 1.165) is 32.1 Å². The summed E-state index contributed by atoms with van der Waals surface area (Å²) in [6.07, 6.45) is 4.29. The normalized spacial score (nSPS) is 26.1. The van der Waals surface area contributed by atoms with Crippen LogP contribution in [0, 0.1) is 0 Å². The Morgan fingerprint density at radius 2 is 1.81 bits per heavy atom. The summed E-state index contributed by atoms with van der Waals surface area (Å²) in [6.45, 7) is 2.42. The van der Waals surface area contributed by atoms with Crippen molar-refractivity contribution < 1.29 is 8.42 Å². The molecule has 0 radical (unpaired) electrons. The van der Waals surface area contributed by atoms with Gasteiger partial charge in [0, 0.05) is 18.6 Å². The maximum Gasteiger partial charge on any atom is 0.277 e. The summed E-state index contributed by atoms with van der Waals surface area (Å²) >= 11 is 0. The molecule has 4 N–H and O–H groups in total. The van der Waals surface area contributed by atoms with Crippen molar-refractivity contribution in [3.05, 3.63) is 0 Å². The number of hydrogen-bond acceptors (Lipinski definition) is 3. The highest BCUT2D eigenvalue weighted by Gasteiger charge is 2.22. The molecule has 0 heterocycles. The molecule has 0 spiro atoms. The zero-order valence-electron chi connectivity index (χ0n) is 9.61. The number of rotatable bonds is 5. The maximum atomic E-state index is 11.5. The van der Waals surface area contributed by atoms with Crippen molar-refractivity contribution in [3.63, 3.8) is 0 Å². The summed E-state index contributed by atoms with van der Waals surface area (Å²) in [7, 11) is -3.30. The minimum absolute atomic E-state index is 0. The zero-order chi connectivity index (χ0) is 11.3. The van der Waals surface area contributed by atoms with Crippen LogP contribution in [0.1, 0.15) is 39.0 Å². The van der Waals surface area contributed by atoms with Gasteiger partial charge in [0.25, 0.3) is 10.2 Å². The smallest absolute Gasteiger partial charge is 0.277 e. The van der Waals surface area contributed by atoms with E-state index < -0.39 is 10.2 Å². The van der Waals surface area contributed by atoms with Gasteiger partial charge in [0.1, 0.15) is 0 Å². The third kappa shape index (κ3) is 6.00. The van der Waals surface area contributed by atoms with Gasteiger partial charge in [-0.1, -0.05) is 6.92 Å². The van der Waals surface area contributed by atoms with E-state index in [1.165, 1.54) is 0 Å². The van der Waals surface area contributed by atoms with Gasteiger partial charge in [-0.2, -0.15) is 13.1 Å². The molecule has 7 heteroatoms. The van der Waals surface area contributed by atoms with Crippen LogP contribution in [0.3, 0.4) is 0 Å². The van der Waals surface area contributed by atoms with Gasteiger partial charge in [-0.25, -0.2) is 4.72 Å². The molecule has 0 aromatic carbocycles. The second-order valence-electron chi connectivity index (χ2n) is 4.13. The van der Waals surface area contributed by atoms with Crippen LogP contribution in [-0.4, -0.2) is 27.0 Å². The van der Waals surface area contributed by atoms with E-state index in [-0.39, 0.29) is 24.5 Å². The molecule has 0 aromatic heterocycles. The quantitative estimate of drug-likeness (QED) is 0.681. The molecule has 0 aliphatic heterocycles. The lowest BCUT2D eigenvalue weighted by atomic mass is 9.93. The van der Waals surface area contributed by atoms with Crippen LogP contribution in [0.4, 0.5) is 0 Å². The fraction of sp³-hybridized carbons (Fsp3) is 1.00. The summed E-state index contributed by atoms with van der Waals surface area (Å²) in [6, 6.07) is 0.300. The molecule has 1 fully saturated rings. The fourth-order valence-corrected chi connectivity index (χ4v) is 2.97. The van der Waals surface area contributed by atoms with Crippen LogP contribution in [0.25, 0.3) is 0 Å². The average molecular weight is 272 g/mol. The minimum Gasteiger partial charge on any atom is -0.328 e. The molecule has 0 saturated heterocycles. The second-order valence-corrected chi connectivity index (χ2v) is 5.66. The van der Waals surface area contributed by atoms with Gasteiger partial charge < -0.3 is 5.73 Å². The first kappa shape index (κ1) is 16.1. The van der Waals surface area contributed by atoms with Gasteiger partial charge in [-0.05, 0) is 32.1 Å². The van der Waals surface area contributed by atoms with Crippen molar-refractivity contribution in [1.82, 2.24) is 9.44 Å². The molecule has 1 saturated carbocycles. The van der Waals surface area contributed by atoms with Crippen LogP contribution in [0.5, 0.6) is 0 Å². The Bertz CT molecular complexity index is 276. The average Bonchev–Trinajstić information content (AvgIpc) is 2.18. The Kier molecular flexibility index (Phi) is 7.50. The topological polar surface area (TPSA) is 84.2 Å². The van der Waals surface area contributed by atoms with E-state index in [1.807, 2.05) is 6.92 Å². The standard InChI is InChI=1S/C9H21N3O2S.ClH/c1-2-7-11-15(13,14)12-9-5-3-8(10)4-6-9;/h8-9,11-12H,2-7,10H2,1H3;1H. The molecule has 0 amide bonds.